The summed E-state index contributed by atoms with van der Waals surface area (Å²) in [7, 11) is 2.91. The molecule has 1 unspecified atom stereocenters. The van der Waals surface area contributed by atoms with E-state index in [1.54, 1.807) is 0 Å². The Morgan fingerprint density at radius 3 is 1.21 bits per heavy atom. The number of halogens is 15. The van der Waals surface area contributed by atoms with Crippen molar-refractivity contribution in [3.8, 4) is 28.0 Å². The lowest BCUT2D eigenvalue weighted by atomic mass is 9.91. The Morgan fingerprint density at radius 1 is 0.538 bits per heavy atom. The number of benzene rings is 3. The van der Waals surface area contributed by atoms with E-state index >= 15 is 0 Å². The largest absolute Gasteiger partial charge is 0.460 e. The van der Waals surface area contributed by atoms with Crippen molar-refractivity contribution in [3.05, 3.63) is 77.9 Å². The minimum atomic E-state index is -6.82. The maximum atomic E-state index is 13.7. The Balaban J connectivity index is 1.92. The van der Waals surface area contributed by atoms with Gasteiger partial charge in [0.15, 0.2) is 11.6 Å². The van der Waals surface area contributed by atoms with Crippen molar-refractivity contribution in [1.82, 2.24) is 0 Å². The third-order valence-electron chi connectivity index (χ3n) is 7.03. The number of hydrogen-bond acceptors (Lipinski definition) is 6. The first-order valence-corrected chi connectivity index (χ1v) is 15.4. The van der Waals surface area contributed by atoms with Gasteiger partial charge in [-0.1, -0.05) is 54.6 Å². The number of Topliss-reactive ketones (excluding diaryl/α,β-unsaturated/α-hetero) is 4. The number of carbonyl (C=O) groups is 4. The zero-order chi connectivity index (χ0) is 39.8. The molecule has 0 fully saturated rings. The summed E-state index contributed by atoms with van der Waals surface area (Å²) >= 11 is 0. The number of rotatable bonds is 14. The zero-order valence-electron chi connectivity index (χ0n) is 24.8. The highest BCUT2D eigenvalue weighted by atomic mass is 35.7. The molecule has 0 bridgehead atoms. The van der Waals surface area contributed by atoms with Gasteiger partial charge in [-0.25, -0.2) is 0 Å². The molecule has 3 aromatic carbocycles. The molecule has 22 heteroatoms. The standard InChI is InChI=1S/C30H15ClF14O6S/c31-52(50)51-18-9-10-19(14-1-5-16(6-2-14)21(46)12-23(48)25(32,33)27(36,37)29(40,41)42)20(11-18)15-3-7-17(8-4-15)22(47)13-24(49)26(34,35)28(38,39)30(43,44)45/h1-11H,12-13H2. The van der Waals surface area contributed by atoms with E-state index in [-0.39, 0.29) is 28.0 Å². The molecule has 0 aliphatic heterocycles. The van der Waals surface area contributed by atoms with Crippen LogP contribution in [0.25, 0.3) is 22.3 Å². The van der Waals surface area contributed by atoms with Crippen LogP contribution in [0.5, 0.6) is 5.75 Å². The van der Waals surface area contributed by atoms with Crippen molar-refractivity contribution < 1.29 is 89.0 Å². The van der Waals surface area contributed by atoms with Gasteiger partial charge in [0.05, 0.1) is 12.8 Å². The van der Waals surface area contributed by atoms with E-state index in [1.807, 2.05) is 0 Å². The fourth-order valence-corrected chi connectivity index (χ4v) is 4.71. The average molecular weight is 805 g/mol. The highest BCUT2D eigenvalue weighted by molar-refractivity contribution is 8.04. The topological polar surface area (TPSA) is 94.6 Å². The van der Waals surface area contributed by atoms with Crippen molar-refractivity contribution in [2.45, 2.75) is 48.9 Å². The molecular weight excluding hydrogens is 790 g/mol. The van der Waals surface area contributed by atoms with E-state index in [4.69, 9.17) is 14.9 Å². The SMILES string of the molecule is O=C(CC(=O)C(F)(F)C(F)(F)C(F)(F)F)c1ccc(-c2ccc(OS(=O)Cl)cc2-c2ccc(C(=O)CC(=O)C(F)(F)C(F)(F)C(F)(F)F)cc2)cc1. The molecule has 0 aliphatic rings. The van der Waals surface area contributed by atoms with Crippen LogP contribution in [0, 0.1) is 0 Å². The molecule has 0 spiro atoms. The van der Waals surface area contributed by atoms with Crippen molar-refractivity contribution in [2.24, 2.45) is 0 Å². The predicted octanol–water partition coefficient (Wildman–Crippen LogP) is 9.17. The van der Waals surface area contributed by atoms with Gasteiger partial charge in [-0.3, -0.25) is 19.2 Å². The van der Waals surface area contributed by atoms with E-state index in [2.05, 4.69) is 0 Å². The first-order valence-electron chi connectivity index (χ1n) is 13.4. The van der Waals surface area contributed by atoms with Gasteiger partial charge < -0.3 is 4.18 Å². The quantitative estimate of drug-likeness (QED) is 0.0699. The molecular formula is C30H15ClF14O6S. The summed E-state index contributed by atoms with van der Waals surface area (Å²) in [5.41, 5.74) is -0.745. The van der Waals surface area contributed by atoms with Gasteiger partial charge in [-0.15, -0.1) is 0 Å². The monoisotopic (exact) mass is 804 g/mol. The molecule has 3 rings (SSSR count). The number of hydrogen-bond donors (Lipinski definition) is 0. The van der Waals surface area contributed by atoms with E-state index in [9.17, 15) is 84.9 Å². The van der Waals surface area contributed by atoms with Crippen molar-refractivity contribution in [2.75, 3.05) is 0 Å². The Kier molecular flexibility index (Phi) is 11.8. The highest BCUT2D eigenvalue weighted by Gasteiger charge is 2.76. The summed E-state index contributed by atoms with van der Waals surface area (Å²) in [6, 6.07) is 11.5. The van der Waals surface area contributed by atoms with Gasteiger partial charge >= 0.3 is 46.3 Å². The van der Waals surface area contributed by atoms with Crippen LogP contribution in [-0.4, -0.2) is 63.4 Å². The Bertz CT molecular complexity index is 1890. The van der Waals surface area contributed by atoms with Crippen LogP contribution in [0.3, 0.4) is 0 Å². The Hall–Kier alpha value is -4.40. The highest BCUT2D eigenvalue weighted by Crippen LogP contribution is 2.48. The van der Waals surface area contributed by atoms with E-state index < -0.39 is 93.4 Å². The van der Waals surface area contributed by atoms with E-state index in [0.29, 0.717) is 0 Å². The van der Waals surface area contributed by atoms with Crippen LogP contribution in [-0.2, 0) is 19.9 Å². The second kappa shape index (κ2) is 14.6. The summed E-state index contributed by atoms with van der Waals surface area (Å²) in [4.78, 5) is 48.0. The minimum absolute atomic E-state index is 0.0781. The third-order valence-corrected chi connectivity index (χ3v) is 7.54. The molecule has 282 valence electrons. The third kappa shape index (κ3) is 8.29. The van der Waals surface area contributed by atoms with Crippen molar-refractivity contribution in [3.63, 3.8) is 0 Å². The lowest BCUT2D eigenvalue weighted by Gasteiger charge is -2.26. The first kappa shape index (κ1) is 42.0. The molecule has 0 N–H and O–H groups in total. The summed E-state index contributed by atoms with van der Waals surface area (Å²) in [6.07, 6.45) is -17.8. The van der Waals surface area contributed by atoms with Crippen LogP contribution in [0.4, 0.5) is 61.5 Å². The Morgan fingerprint density at radius 2 is 0.885 bits per heavy atom. The maximum Gasteiger partial charge on any atom is 0.460 e. The van der Waals surface area contributed by atoms with E-state index in [1.165, 1.54) is 18.2 Å². The average Bonchev–Trinajstić information content (AvgIpc) is 3.03. The van der Waals surface area contributed by atoms with Gasteiger partial charge in [0, 0.05) is 21.8 Å². The van der Waals surface area contributed by atoms with Crippen LogP contribution in [0.1, 0.15) is 33.6 Å². The molecule has 0 aliphatic carbocycles. The lowest BCUT2D eigenvalue weighted by Crippen LogP contribution is -2.56. The summed E-state index contributed by atoms with van der Waals surface area (Å²) < 4.78 is 198. The van der Waals surface area contributed by atoms with E-state index in [0.717, 1.165) is 48.5 Å². The van der Waals surface area contributed by atoms with Gasteiger partial charge in [0.2, 0.25) is 11.6 Å². The zero-order valence-corrected chi connectivity index (χ0v) is 26.4. The lowest BCUT2D eigenvalue weighted by molar-refractivity contribution is -0.343. The fourth-order valence-electron chi connectivity index (χ4n) is 4.24. The van der Waals surface area contributed by atoms with Crippen LogP contribution in [0.15, 0.2) is 66.7 Å². The van der Waals surface area contributed by atoms with Gasteiger partial charge in [0.1, 0.15) is 5.75 Å². The van der Waals surface area contributed by atoms with Gasteiger partial charge in [0.25, 0.3) is 0 Å². The van der Waals surface area contributed by atoms with Crippen LogP contribution in [0.2, 0.25) is 0 Å². The normalized spacial score (nSPS) is 13.8. The molecule has 0 aromatic heterocycles. The second-order valence-corrected chi connectivity index (χ2v) is 11.8. The smallest absolute Gasteiger partial charge is 0.389 e. The summed E-state index contributed by atoms with van der Waals surface area (Å²) in [6.45, 7) is 0. The molecule has 0 saturated carbocycles. The molecule has 52 heavy (non-hydrogen) atoms. The molecule has 0 saturated heterocycles. The Labute approximate surface area is 287 Å². The number of ketones is 4. The van der Waals surface area contributed by atoms with Crippen LogP contribution >= 0.6 is 10.7 Å². The summed E-state index contributed by atoms with van der Waals surface area (Å²) in [5.74, 6) is -35.5. The number of carbonyl (C=O) groups excluding carboxylic acids is 4. The molecule has 0 radical (unpaired) electrons. The second-order valence-electron chi connectivity index (χ2n) is 10.5. The van der Waals surface area contributed by atoms with Gasteiger partial charge in [-0.2, -0.15) is 65.7 Å². The van der Waals surface area contributed by atoms with Crippen LogP contribution < -0.4 is 4.18 Å². The number of alkyl halides is 14. The molecule has 0 heterocycles. The van der Waals surface area contributed by atoms with Gasteiger partial charge in [-0.05, 0) is 34.4 Å². The molecule has 6 nitrogen and oxygen atoms in total. The van der Waals surface area contributed by atoms with Crippen molar-refractivity contribution >= 4 is 44.1 Å². The molecule has 3 aromatic rings. The summed E-state index contributed by atoms with van der Waals surface area (Å²) in [5, 5.41) is 0. The predicted molar refractivity (Wildman–Crippen MR) is 152 cm³/mol. The molecule has 0 amide bonds. The molecule has 1 atom stereocenters. The fraction of sp³-hybridized carbons (Fsp3) is 0.267. The minimum Gasteiger partial charge on any atom is -0.389 e. The first-order chi connectivity index (χ1) is 23.6. The van der Waals surface area contributed by atoms with Crippen molar-refractivity contribution in [1.29, 1.82) is 0 Å². The maximum absolute atomic E-state index is 13.7.